The molecule has 0 radical (unpaired) electrons. The van der Waals surface area contributed by atoms with Gasteiger partial charge in [-0.1, -0.05) is 35.9 Å². The first-order valence-corrected chi connectivity index (χ1v) is 6.53. The van der Waals surface area contributed by atoms with E-state index in [2.05, 4.69) is 0 Å². The van der Waals surface area contributed by atoms with Crippen LogP contribution in [-0.4, -0.2) is 17.5 Å². The number of rotatable bonds is 5. The molecule has 0 atom stereocenters. The van der Waals surface area contributed by atoms with Gasteiger partial charge in [-0.15, -0.1) is 0 Å². The molecular weight excluding hydrogens is 252 g/mol. The highest BCUT2D eigenvalue weighted by Gasteiger charge is 2.09. The van der Waals surface area contributed by atoms with Gasteiger partial charge in [-0.2, -0.15) is 0 Å². The average molecular weight is 270 g/mol. The van der Waals surface area contributed by atoms with Gasteiger partial charge in [0.05, 0.1) is 6.61 Å². The topological polar surface area (TPSA) is 46.5 Å². The summed E-state index contributed by atoms with van der Waals surface area (Å²) in [4.78, 5) is 12.1. The van der Waals surface area contributed by atoms with Crippen LogP contribution in [0.1, 0.15) is 27.0 Å². The highest BCUT2D eigenvalue weighted by Crippen LogP contribution is 2.15. The Bertz CT molecular complexity index is 600. The minimum absolute atomic E-state index is 0.00176. The monoisotopic (exact) mass is 270 g/mol. The second-order valence-corrected chi connectivity index (χ2v) is 4.83. The maximum absolute atomic E-state index is 12.1. The number of ketones is 1. The molecule has 0 aliphatic carbocycles. The number of aryl methyl sites for hydroxylation is 2. The Kier molecular flexibility index (Phi) is 4.53. The molecule has 0 spiro atoms. The van der Waals surface area contributed by atoms with Crippen molar-refractivity contribution < 1.29 is 14.6 Å². The van der Waals surface area contributed by atoms with Crippen molar-refractivity contribution in [3.8, 4) is 5.75 Å². The van der Waals surface area contributed by atoms with E-state index >= 15 is 0 Å². The predicted molar refractivity (Wildman–Crippen MR) is 78.1 cm³/mol. The van der Waals surface area contributed by atoms with Crippen LogP contribution in [0.2, 0.25) is 0 Å². The molecule has 20 heavy (non-hydrogen) atoms. The van der Waals surface area contributed by atoms with Crippen LogP contribution < -0.4 is 4.74 Å². The normalized spacial score (nSPS) is 10.3. The molecule has 0 bridgehead atoms. The molecule has 0 aromatic heterocycles. The molecule has 0 amide bonds. The average Bonchev–Trinajstić information content (AvgIpc) is 2.45. The van der Waals surface area contributed by atoms with Crippen LogP contribution in [-0.2, 0) is 6.61 Å². The summed E-state index contributed by atoms with van der Waals surface area (Å²) in [7, 11) is 0. The standard InChI is InChI=1S/C17H18O3/c1-12-3-8-16(13(2)9-12)17(19)11-20-15-6-4-14(10-18)5-7-15/h3-9,18H,10-11H2,1-2H3. The lowest BCUT2D eigenvalue weighted by atomic mass is 10.0. The second-order valence-electron chi connectivity index (χ2n) is 4.83. The number of ether oxygens (including phenoxy) is 1. The van der Waals surface area contributed by atoms with E-state index in [9.17, 15) is 4.79 Å². The van der Waals surface area contributed by atoms with E-state index in [1.54, 1.807) is 24.3 Å². The summed E-state index contributed by atoms with van der Waals surface area (Å²) in [5.74, 6) is 0.592. The summed E-state index contributed by atoms with van der Waals surface area (Å²) in [6, 6.07) is 12.8. The van der Waals surface area contributed by atoms with Crippen molar-refractivity contribution in [3.05, 3.63) is 64.7 Å². The summed E-state index contributed by atoms with van der Waals surface area (Å²) in [5, 5.41) is 8.95. The van der Waals surface area contributed by atoms with Gasteiger partial charge in [-0.25, -0.2) is 0 Å². The Hall–Kier alpha value is -2.13. The van der Waals surface area contributed by atoms with Crippen LogP contribution in [0.3, 0.4) is 0 Å². The first kappa shape index (κ1) is 14.3. The zero-order valence-electron chi connectivity index (χ0n) is 11.7. The lowest BCUT2D eigenvalue weighted by Crippen LogP contribution is -2.13. The molecule has 0 aliphatic heterocycles. The van der Waals surface area contributed by atoms with Crippen molar-refractivity contribution in [2.24, 2.45) is 0 Å². The van der Waals surface area contributed by atoms with E-state index in [0.717, 1.165) is 16.7 Å². The van der Waals surface area contributed by atoms with Crippen LogP contribution in [0.15, 0.2) is 42.5 Å². The van der Waals surface area contributed by atoms with Gasteiger partial charge in [0.2, 0.25) is 0 Å². The van der Waals surface area contributed by atoms with Gasteiger partial charge in [0, 0.05) is 5.56 Å². The summed E-state index contributed by atoms with van der Waals surface area (Å²) >= 11 is 0. The molecular formula is C17H18O3. The molecule has 0 saturated heterocycles. The zero-order valence-corrected chi connectivity index (χ0v) is 11.7. The fraction of sp³-hybridized carbons (Fsp3) is 0.235. The summed E-state index contributed by atoms with van der Waals surface area (Å²) in [6.07, 6.45) is 0. The predicted octanol–water partition coefficient (Wildman–Crippen LogP) is 3.06. The van der Waals surface area contributed by atoms with E-state index in [1.165, 1.54) is 0 Å². The van der Waals surface area contributed by atoms with Crippen LogP contribution in [0, 0.1) is 13.8 Å². The minimum atomic E-state index is -0.0336. The molecule has 2 aromatic carbocycles. The maximum atomic E-state index is 12.1. The summed E-state index contributed by atoms with van der Waals surface area (Å²) in [6.45, 7) is 3.95. The molecule has 0 aliphatic rings. The smallest absolute Gasteiger partial charge is 0.200 e. The van der Waals surface area contributed by atoms with Gasteiger partial charge in [-0.3, -0.25) is 4.79 Å². The number of hydrogen-bond donors (Lipinski definition) is 1. The van der Waals surface area contributed by atoms with Crippen LogP contribution in [0.25, 0.3) is 0 Å². The Morgan fingerprint density at radius 2 is 1.80 bits per heavy atom. The first-order chi connectivity index (χ1) is 9.60. The Morgan fingerprint density at radius 1 is 1.10 bits per heavy atom. The number of hydrogen-bond acceptors (Lipinski definition) is 3. The third-order valence-electron chi connectivity index (χ3n) is 3.16. The van der Waals surface area contributed by atoms with Gasteiger partial charge in [-0.05, 0) is 37.1 Å². The number of carbonyl (C=O) groups excluding carboxylic acids is 1. The Balaban J connectivity index is 2.00. The van der Waals surface area contributed by atoms with Crippen LogP contribution >= 0.6 is 0 Å². The Morgan fingerprint density at radius 3 is 2.40 bits per heavy atom. The second kappa shape index (κ2) is 6.35. The number of aliphatic hydroxyl groups is 1. The lowest BCUT2D eigenvalue weighted by Gasteiger charge is -2.08. The molecule has 0 saturated carbocycles. The van der Waals surface area contributed by atoms with Gasteiger partial charge in [0.1, 0.15) is 5.75 Å². The molecule has 2 aromatic rings. The fourth-order valence-electron chi connectivity index (χ4n) is 2.04. The first-order valence-electron chi connectivity index (χ1n) is 6.53. The third-order valence-corrected chi connectivity index (χ3v) is 3.16. The zero-order chi connectivity index (χ0) is 14.5. The van der Waals surface area contributed by atoms with Crippen molar-refractivity contribution in [3.63, 3.8) is 0 Å². The molecule has 0 unspecified atom stereocenters. The summed E-state index contributed by atoms with van der Waals surface area (Å²) < 4.78 is 5.48. The van der Waals surface area contributed by atoms with E-state index < -0.39 is 0 Å². The number of Topliss-reactive ketones (excluding diaryl/α,β-unsaturated/α-hetero) is 1. The minimum Gasteiger partial charge on any atom is -0.485 e. The van der Waals surface area contributed by atoms with Gasteiger partial charge < -0.3 is 9.84 Å². The van der Waals surface area contributed by atoms with Crippen molar-refractivity contribution in [1.29, 1.82) is 0 Å². The molecule has 3 heteroatoms. The highest BCUT2D eigenvalue weighted by atomic mass is 16.5. The molecule has 104 valence electrons. The fourth-order valence-corrected chi connectivity index (χ4v) is 2.04. The van der Waals surface area contributed by atoms with E-state index in [-0.39, 0.29) is 19.0 Å². The van der Waals surface area contributed by atoms with Crippen LogP contribution in [0.4, 0.5) is 0 Å². The molecule has 1 N–H and O–H groups in total. The number of carbonyl (C=O) groups is 1. The number of aliphatic hydroxyl groups excluding tert-OH is 1. The Labute approximate surface area is 118 Å². The van der Waals surface area contributed by atoms with E-state index in [4.69, 9.17) is 9.84 Å². The van der Waals surface area contributed by atoms with Crippen molar-refractivity contribution >= 4 is 5.78 Å². The molecule has 0 fully saturated rings. The van der Waals surface area contributed by atoms with Crippen LogP contribution in [0.5, 0.6) is 5.75 Å². The SMILES string of the molecule is Cc1ccc(C(=O)COc2ccc(CO)cc2)c(C)c1. The molecule has 3 nitrogen and oxygen atoms in total. The van der Waals surface area contributed by atoms with Gasteiger partial charge in [0.15, 0.2) is 12.4 Å². The van der Waals surface area contributed by atoms with Crippen molar-refractivity contribution in [2.75, 3.05) is 6.61 Å². The van der Waals surface area contributed by atoms with Gasteiger partial charge >= 0.3 is 0 Å². The van der Waals surface area contributed by atoms with Crippen molar-refractivity contribution in [2.45, 2.75) is 20.5 Å². The summed E-state index contributed by atoms with van der Waals surface area (Å²) in [5.41, 5.74) is 3.62. The number of benzene rings is 2. The third kappa shape index (κ3) is 3.45. The van der Waals surface area contributed by atoms with Crippen molar-refractivity contribution in [1.82, 2.24) is 0 Å². The molecule has 0 heterocycles. The lowest BCUT2D eigenvalue weighted by molar-refractivity contribution is 0.0921. The van der Waals surface area contributed by atoms with E-state index in [1.807, 2.05) is 32.0 Å². The quantitative estimate of drug-likeness (QED) is 0.849. The highest BCUT2D eigenvalue weighted by molar-refractivity contribution is 5.98. The molecule has 2 rings (SSSR count). The van der Waals surface area contributed by atoms with E-state index in [0.29, 0.717) is 11.3 Å². The largest absolute Gasteiger partial charge is 0.485 e. The van der Waals surface area contributed by atoms with Gasteiger partial charge in [0.25, 0.3) is 0 Å². The maximum Gasteiger partial charge on any atom is 0.200 e.